The summed E-state index contributed by atoms with van der Waals surface area (Å²) in [6.45, 7) is -0.0137. The summed E-state index contributed by atoms with van der Waals surface area (Å²) in [4.78, 5) is 7.26. The molecule has 0 aliphatic carbocycles. The monoisotopic (exact) mass is 217 g/mol. The van der Waals surface area contributed by atoms with Gasteiger partial charge in [0.15, 0.2) is 0 Å². The van der Waals surface area contributed by atoms with E-state index in [1.807, 2.05) is 0 Å². The van der Waals surface area contributed by atoms with Crippen LogP contribution >= 0.6 is 0 Å². The highest BCUT2D eigenvalue weighted by Crippen LogP contribution is 2.09. The average Bonchev–Trinajstić information content (AvgIpc) is 2.15. The Kier molecular flexibility index (Phi) is 3.14. The van der Waals surface area contributed by atoms with E-state index in [-0.39, 0.29) is 17.4 Å². The number of rotatable bonds is 3. The highest BCUT2D eigenvalue weighted by molar-refractivity contribution is 7.90. The lowest BCUT2D eigenvalue weighted by molar-refractivity contribution is 0.180. The van der Waals surface area contributed by atoms with Crippen molar-refractivity contribution in [2.24, 2.45) is 5.73 Å². The standard InChI is InChI=1S/C7H11N3O3S/c1-14(12,13)7-9-3-2-5(10-7)6(11)4-8/h2-3,6,11H,4,8H2,1H3. The summed E-state index contributed by atoms with van der Waals surface area (Å²) >= 11 is 0. The lowest BCUT2D eigenvalue weighted by atomic mass is 10.2. The van der Waals surface area contributed by atoms with Crippen molar-refractivity contribution in [1.29, 1.82) is 0 Å². The largest absolute Gasteiger partial charge is 0.385 e. The number of hydrogen-bond donors (Lipinski definition) is 2. The van der Waals surface area contributed by atoms with Crippen molar-refractivity contribution < 1.29 is 13.5 Å². The van der Waals surface area contributed by atoms with Crippen molar-refractivity contribution in [1.82, 2.24) is 9.97 Å². The van der Waals surface area contributed by atoms with E-state index in [1.165, 1.54) is 12.3 Å². The minimum atomic E-state index is -3.44. The van der Waals surface area contributed by atoms with Crippen LogP contribution in [0.5, 0.6) is 0 Å². The van der Waals surface area contributed by atoms with E-state index in [0.29, 0.717) is 0 Å². The first-order valence-corrected chi connectivity index (χ1v) is 5.75. The summed E-state index contributed by atoms with van der Waals surface area (Å²) in [5, 5.41) is 9.01. The summed E-state index contributed by atoms with van der Waals surface area (Å²) in [7, 11) is -3.44. The van der Waals surface area contributed by atoms with Crippen LogP contribution in [0, 0.1) is 0 Å². The maximum atomic E-state index is 11.1. The van der Waals surface area contributed by atoms with E-state index in [2.05, 4.69) is 9.97 Å². The minimum absolute atomic E-state index is 0.0137. The maximum absolute atomic E-state index is 11.1. The molecular weight excluding hydrogens is 206 g/mol. The predicted octanol–water partition coefficient (Wildman–Crippen LogP) is -1.13. The molecule has 0 radical (unpaired) electrons. The van der Waals surface area contributed by atoms with Gasteiger partial charge >= 0.3 is 0 Å². The van der Waals surface area contributed by atoms with Crippen LogP contribution in [0.3, 0.4) is 0 Å². The Morgan fingerprint density at radius 3 is 2.79 bits per heavy atom. The molecule has 1 aromatic rings. The van der Waals surface area contributed by atoms with Gasteiger partial charge in [-0.15, -0.1) is 0 Å². The summed E-state index contributed by atoms with van der Waals surface area (Å²) in [5.41, 5.74) is 5.41. The fourth-order valence-electron chi connectivity index (χ4n) is 0.839. The zero-order valence-corrected chi connectivity index (χ0v) is 8.40. The Morgan fingerprint density at radius 2 is 2.29 bits per heavy atom. The van der Waals surface area contributed by atoms with Crippen LogP contribution in [-0.4, -0.2) is 36.3 Å². The van der Waals surface area contributed by atoms with Crippen LogP contribution in [0.15, 0.2) is 17.4 Å². The maximum Gasteiger partial charge on any atom is 0.247 e. The molecule has 0 aliphatic heterocycles. The average molecular weight is 217 g/mol. The minimum Gasteiger partial charge on any atom is -0.385 e. The summed E-state index contributed by atoms with van der Waals surface area (Å²) in [6, 6.07) is 1.42. The summed E-state index contributed by atoms with van der Waals surface area (Å²) < 4.78 is 22.1. The van der Waals surface area contributed by atoms with Crippen LogP contribution < -0.4 is 5.73 Å². The van der Waals surface area contributed by atoms with Crippen molar-refractivity contribution >= 4 is 9.84 Å². The molecule has 78 valence electrons. The van der Waals surface area contributed by atoms with Gasteiger partial charge in [-0.2, -0.15) is 0 Å². The molecular formula is C7H11N3O3S. The SMILES string of the molecule is CS(=O)(=O)c1nccc(C(O)CN)n1. The molecule has 0 amide bonds. The fraction of sp³-hybridized carbons (Fsp3) is 0.429. The van der Waals surface area contributed by atoms with Crippen molar-refractivity contribution in [2.45, 2.75) is 11.3 Å². The third-order valence-corrected chi connectivity index (χ3v) is 2.41. The van der Waals surface area contributed by atoms with Gasteiger partial charge in [0.05, 0.1) is 5.69 Å². The molecule has 3 N–H and O–H groups in total. The molecule has 0 spiro atoms. The Labute approximate surface area is 81.7 Å². The Bertz CT molecular complexity index is 418. The molecule has 1 unspecified atom stereocenters. The number of nitrogens with zero attached hydrogens (tertiary/aromatic N) is 2. The number of aliphatic hydroxyl groups excluding tert-OH is 1. The number of aromatic nitrogens is 2. The molecule has 0 aromatic carbocycles. The van der Waals surface area contributed by atoms with Gasteiger partial charge in [-0.1, -0.05) is 0 Å². The lowest BCUT2D eigenvalue weighted by Crippen LogP contribution is -2.15. The molecule has 0 saturated carbocycles. The molecule has 1 rings (SSSR count). The first-order chi connectivity index (χ1) is 6.45. The quantitative estimate of drug-likeness (QED) is 0.621. The number of sulfone groups is 1. The summed E-state index contributed by atoms with van der Waals surface area (Å²) in [6.07, 6.45) is 1.32. The fourth-order valence-corrected chi connectivity index (χ4v) is 1.36. The topological polar surface area (TPSA) is 106 Å². The Balaban J connectivity index is 3.14. The molecule has 6 nitrogen and oxygen atoms in total. The van der Waals surface area contributed by atoms with E-state index < -0.39 is 15.9 Å². The van der Waals surface area contributed by atoms with Gasteiger partial charge in [-0.25, -0.2) is 18.4 Å². The smallest absolute Gasteiger partial charge is 0.247 e. The van der Waals surface area contributed by atoms with Crippen molar-refractivity contribution in [2.75, 3.05) is 12.8 Å². The van der Waals surface area contributed by atoms with Crippen LogP contribution in [0.1, 0.15) is 11.8 Å². The van der Waals surface area contributed by atoms with Crippen molar-refractivity contribution in [3.05, 3.63) is 18.0 Å². The normalized spacial score (nSPS) is 13.9. The second-order valence-corrected chi connectivity index (χ2v) is 4.70. The van der Waals surface area contributed by atoms with Gasteiger partial charge in [-0.05, 0) is 6.07 Å². The van der Waals surface area contributed by atoms with E-state index in [9.17, 15) is 13.5 Å². The van der Waals surface area contributed by atoms with Gasteiger partial charge in [0, 0.05) is 19.0 Å². The molecule has 1 atom stereocenters. The van der Waals surface area contributed by atoms with Gasteiger partial charge in [0.25, 0.3) is 0 Å². The molecule has 1 aromatic heterocycles. The lowest BCUT2D eigenvalue weighted by Gasteiger charge is -2.06. The molecule has 0 aliphatic rings. The molecule has 0 bridgehead atoms. The number of nitrogens with two attached hydrogens (primary N) is 1. The molecule has 14 heavy (non-hydrogen) atoms. The van der Waals surface area contributed by atoms with E-state index in [4.69, 9.17) is 5.73 Å². The number of aliphatic hydroxyl groups is 1. The Hall–Kier alpha value is -1.05. The predicted molar refractivity (Wildman–Crippen MR) is 49.2 cm³/mol. The van der Waals surface area contributed by atoms with Crippen LogP contribution in [-0.2, 0) is 9.84 Å². The van der Waals surface area contributed by atoms with Gasteiger partial charge in [0.2, 0.25) is 15.0 Å². The van der Waals surface area contributed by atoms with Crippen LogP contribution in [0.25, 0.3) is 0 Å². The highest BCUT2D eigenvalue weighted by Gasteiger charge is 2.14. The second-order valence-electron chi connectivity index (χ2n) is 2.79. The van der Waals surface area contributed by atoms with Gasteiger partial charge < -0.3 is 10.8 Å². The van der Waals surface area contributed by atoms with Gasteiger partial charge in [-0.3, -0.25) is 0 Å². The van der Waals surface area contributed by atoms with E-state index in [0.717, 1.165) is 6.26 Å². The number of hydrogen-bond acceptors (Lipinski definition) is 6. The zero-order valence-electron chi connectivity index (χ0n) is 7.58. The van der Waals surface area contributed by atoms with Gasteiger partial charge in [0.1, 0.15) is 6.10 Å². The van der Waals surface area contributed by atoms with E-state index in [1.54, 1.807) is 0 Å². The molecule has 0 fully saturated rings. The van der Waals surface area contributed by atoms with Crippen LogP contribution in [0.4, 0.5) is 0 Å². The molecule has 1 heterocycles. The summed E-state index contributed by atoms with van der Waals surface area (Å²) in [5.74, 6) is 0. The Morgan fingerprint density at radius 1 is 1.64 bits per heavy atom. The van der Waals surface area contributed by atoms with Crippen molar-refractivity contribution in [3.63, 3.8) is 0 Å². The third-order valence-electron chi connectivity index (χ3n) is 1.55. The first kappa shape index (κ1) is 11.0. The second kappa shape index (κ2) is 3.99. The highest BCUT2D eigenvalue weighted by atomic mass is 32.2. The first-order valence-electron chi connectivity index (χ1n) is 3.86. The third kappa shape index (κ3) is 2.47. The van der Waals surface area contributed by atoms with E-state index >= 15 is 0 Å². The molecule has 7 heteroatoms. The zero-order chi connectivity index (χ0) is 10.8. The molecule has 0 saturated heterocycles. The van der Waals surface area contributed by atoms with Crippen molar-refractivity contribution in [3.8, 4) is 0 Å². The van der Waals surface area contributed by atoms with Crippen LogP contribution in [0.2, 0.25) is 0 Å².